The first kappa shape index (κ1) is 18.2. The van der Waals surface area contributed by atoms with Crippen LogP contribution in [-0.2, 0) is 4.74 Å². The number of hydrogen-bond donors (Lipinski definition) is 2. The number of urea groups is 1. The van der Waals surface area contributed by atoms with Gasteiger partial charge in [-0.1, -0.05) is 13.8 Å². The zero-order chi connectivity index (χ0) is 15.8. The van der Waals surface area contributed by atoms with Crippen molar-refractivity contribution in [3.05, 3.63) is 0 Å². The minimum Gasteiger partial charge on any atom is -0.379 e. The van der Waals surface area contributed by atoms with Crippen molar-refractivity contribution in [1.29, 1.82) is 0 Å². The molecule has 124 valence electrons. The van der Waals surface area contributed by atoms with Crippen LogP contribution in [0.15, 0.2) is 0 Å². The molecule has 0 bridgehead atoms. The first-order chi connectivity index (χ1) is 9.88. The molecule has 0 spiro atoms. The number of amides is 2. The van der Waals surface area contributed by atoms with Gasteiger partial charge in [-0.05, 0) is 26.9 Å². The van der Waals surface area contributed by atoms with E-state index in [1.807, 2.05) is 6.92 Å². The molecule has 0 aromatic rings. The minimum atomic E-state index is -0.114. The number of nitrogens with one attached hydrogen (secondary N) is 2. The summed E-state index contributed by atoms with van der Waals surface area (Å²) >= 11 is 0. The van der Waals surface area contributed by atoms with Crippen LogP contribution in [0.2, 0.25) is 0 Å². The van der Waals surface area contributed by atoms with Crippen LogP contribution >= 0.6 is 0 Å². The third kappa shape index (κ3) is 7.64. The molecule has 2 atom stereocenters. The smallest absolute Gasteiger partial charge is 0.315 e. The zero-order valence-corrected chi connectivity index (χ0v) is 14.2. The van der Waals surface area contributed by atoms with Gasteiger partial charge in [0.1, 0.15) is 0 Å². The Morgan fingerprint density at radius 2 is 1.95 bits per heavy atom. The first-order valence-corrected chi connectivity index (χ1v) is 7.89. The van der Waals surface area contributed by atoms with E-state index in [4.69, 9.17) is 4.74 Å². The second-order valence-corrected chi connectivity index (χ2v) is 6.58. The van der Waals surface area contributed by atoms with Crippen LogP contribution in [0, 0.1) is 5.92 Å². The van der Waals surface area contributed by atoms with Gasteiger partial charge in [0.05, 0.1) is 12.6 Å². The number of ether oxygens (including phenoxy) is 1. The Kier molecular flexibility index (Phi) is 8.00. The van der Waals surface area contributed by atoms with Crippen molar-refractivity contribution in [2.45, 2.75) is 32.9 Å². The van der Waals surface area contributed by atoms with Crippen LogP contribution in [0.4, 0.5) is 4.79 Å². The van der Waals surface area contributed by atoms with Gasteiger partial charge in [0.15, 0.2) is 0 Å². The summed E-state index contributed by atoms with van der Waals surface area (Å²) in [6.45, 7) is 11.3. The monoisotopic (exact) mass is 300 g/mol. The largest absolute Gasteiger partial charge is 0.379 e. The number of piperazine rings is 1. The molecule has 0 unspecified atom stereocenters. The van der Waals surface area contributed by atoms with Gasteiger partial charge in [-0.2, -0.15) is 0 Å². The summed E-state index contributed by atoms with van der Waals surface area (Å²) in [6, 6.07) is 0.287. The van der Waals surface area contributed by atoms with Crippen molar-refractivity contribution in [1.82, 2.24) is 20.4 Å². The molecule has 2 N–H and O–H groups in total. The van der Waals surface area contributed by atoms with Crippen LogP contribution in [0.5, 0.6) is 0 Å². The lowest BCUT2D eigenvalue weighted by Crippen LogP contribution is -2.55. The van der Waals surface area contributed by atoms with Crippen LogP contribution < -0.4 is 10.6 Å². The van der Waals surface area contributed by atoms with Crippen LogP contribution in [0.3, 0.4) is 0 Å². The molecule has 6 nitrogen and oxygen atoms in total. The number of nitrogens with zero attached hydrogens (tertiary/aromatic N) is 2. The summed E-state index contributed by atoms with van der Waals surface area (Å²) in [5.41, 5.74) is 0. The maximum absolute atomic E-state index is 11.9. The Hall–Kier alpha value is -0.850. The highest BCUT2D eigenvalue weighted by Crippen LogP contribution is 2.04. The van der Waals surface area contributed by atoms with E-state index in [1.165, 1.54) is 0 Å². The summed E-state index contributed by atoms with van der Waals surface area (Å²) in [5.74, 6) is 0.518. The maximum atomic E-state index is 11.9. The summed E-state index contributed by atoms with van der Waals surface area (Å²) in [6.07, 6.45) is 0. The Labute approximate surface area is 129 Å². The van der Waals surface area contributed by atoms with E-state index >= 15 is 0 Å². The number of rotatable bonds is 7. The summed E-state index contributed by atoms with van der Waals surface area (Å²) in [5, 5.41) is 5.87. The molecular formula is C15H32N4O2. The second kappa shape index (κ2) is 9.23. The predicted octanol–water partition coefficient (Wildman–Crippen LogP) is 0.593. The molecule has 1 aliphatic rings. The van der Waals surface area contributed by atoms with Crippen LogP contribution in [0.1, 0.15) is 20.8 Å². The van der Waals surface area contributed by atoms with Gasteiger partial charge in [-0.3, -0.25) is 4.90 Å². The SMILES string of the molecule is CC(C)COC[C@H](C)NC(=O)NC[C@@H]1CN(C)CCN1C. The molecule has 1 heterocycles. The van der Waals surface area contributed by atoms with Crippen molar-refractivity contribution in [2.24, 2.45) is 5.92 Å². The van der Waals surface area contributed by atoms with E-state index < -0.39 is 0 Å². The lowest BCUT2D eigenvalue weighted by atomic mass is 10.2. The number of carbonyl (C=O) groups is 1. The molecule has 0 saturated carbocycles. The molecule has 1 aliphatic heterocycles. The average molecular weight is 300 g/mol. The Morgan fingerprint density at radius 3 is 2.62 bits per heavy atom. The molecule has 1 fully saturated rings. The van der Waals surface area contributed by atoms with Crippen LogP contribution in [-0.4, -0.2) is 81.4 Å². The van der Waals surface area contributed by atoms with Gasteiger partial charge >= 0.3 is 6.03 Å². The normalized spacial score (nSPS) is 22.3. The highest BCUT2D eigenvalue weighted by Gasteiger charge is 2.22. The summed E-state index contributed by atoms with van der Waals surface area (Å²) in [7, 11) is 4.23. The Bertz CT molecular complexity index is 312. The van der Waals surface area contributed by atoms with E-state index in [2.05, 4.69) is 48.4 Å². The van der Waals surface area contributed by atoms with Crippen molar-refractivity contribution >= 4 is 6.03 Å². The number of hydrogen-bond acceptors (Lipinski definition) is 4. The minimum absolute atomic E-state index is 0.0236. The predicted molar refractivity (Wildman–Crippen MR) is 85.6 cm³/mol. The second-order valence-electron chi connectivity index (χ2n) is 6.58. The number of carbonyl (C=O) groups excluding carboxylic acids is 1. The van der Waals surface area contributed by atoms with Crippen molar-refractivity contribution < 1.29 is 9.53 Å². The molecule has 1 saturated heterocycles. The van der Waals surface area contributed by atoms with Gasteiger partial charge in [0.2, 0.25) is 0 Å². The number of likely N-dealkylation sites (N-methyl/N-ethyl adjacent to an activating group) is 2. The van der Waals surface area contributed by atoms with E-state index in [1.54, 1.807) is 0 Å². The summed E-state index contributed by atoms with van der Waals surface area (Å²) < 4.78 is 5.53. The Morgan fingerprint density at radius 1 is 1.24 bits per heavy atom. The standard InChI is InChI=1S/C15H32N4O2/c1-12(2)10-21-11-13(3)17-15(20)16-8-14-9-18(4)6-7-19(14)5/h12-14H,6-11H2,1-5H3,(H2,16,17,20)/t13-,14+/m0/s1. The topological polar surface area (TPSA) is 56.8 Å². The molecule has 0 aromatic carbocycles. The highest BCUT2D eigenvalue weighted by atomic mass is 16.5. The lowest BCUT2D eigenvalue weighted by Gasteiger charge is -2.37. The van der Waals surface area contributed by atoms with Gasteiger partial charge in [-0.15, -0.1) is 0 Å². The lowest BCUT2D eigenvalue weighted by molar-refractivity contribution is 0.0945. The maximum Gasteiger partial charge on any atom is 0.315 e. The Balaban J connectivity index is 2.18. The molecule has 1 rings (SSSR count). The molecule has 0 aliphatic carbocycles. The van der Waals surface area contributed by atoms with E-state index in [0.717, 1.165) is 26.2 Å². The fraction of sp³-hybridized carbons (Fsp3) is 0.933. The molecule has 2 amide bonds. The van der Waals surface area contributed by atoms with Crippen molar-refractivity contribution in [3.63, 3.8) is 0 Å². The van der Waals surface area contributed by atoms with Crippen molar-refractivity contribution in [3.8, 4) is 0 Å². The van der Waals surface area contributed by atoms with Gasteiger partial charge in [-0.25, -0.2) is 4.79 Å². The third-order valence-corrected chi connectivity index (χ3v) is 3.67. The fourth-order valence-electron chi connectivity index (χ4n) is 2.33. The quantitative estimate of drug-likeness (QED) is 0.723. The zero-order valence-electron chi connectivity index (χ0n) is 14.2. The molecular weight excluding hydrogens is 268 g/mol. The first-order valence-electron chi connectivity index (χ1n) is 7.89. The molecule has 6 heteroatoms. The molecule has 0 radical (unpaired) electrons. The van der Waals surface area contributed by atoms with E-state index in [9.17, 15) is 4.79 Å². The van der Waals surface area contributed by atoms with E-state index in [0.29, 0.717) is 25.1 Å². The van der Waals surface area contributed by atoms with Gasteiger partial charge < -0.3 is 20.3 Å². The fourth-order valence-corrected chi connectivity index (χ4v) is 2.33. The molecule has 21 heavy (non-hydrogen) atoms. The van der Waals surface area contributed by atoms with Crippen molar-refractivity contribution in [2.75, 3.05) is 53.5 Å². The summed E-state index contributed by atoms with van der Waals surface area (Å²) in [4.78, 5) is 16.5. The van der Waals surface area contributed by atoms with Gasteiger partial charge in [0, 0.05) is 38.8 Å². The highest BCUT2D eigenvalue weighted by molar-refractivity contribution is 5.74. The van der Waals surface area contributed by atoms with Crippen LogP contribution in [0.25, 0.3) is 0 Å². The average Bonchev–Trinajstić information content (AvgIpc) is 2.39. The van der Waals surface area contributed by atoms with E-state index in [-0.39, 0.29) is 12.1 Å². The molecule has 0 aromatic heterocycles. The van der Waals surface area contributed by atoms with Gasteiger partial charge in [0.25, 0.3) is 0 Å². The third-order valence-electron chi connectivity index (χ3n) is 3.67.